The molecule has 18 heteroatoms. The molecular weight excluding hydrogens is 538 g/mol. The van der Waals surface area contributed by atoms with E-state index in [1.54, 1.807) is 0 Å². The van der Waals surface area contributed by atoms with E-state index in [2.05, 4.69) is 15.5 Å². The lowest BCUT2D eigenvalue weighted by Gasteiger charge is -2.29. The summed E-state index contributed by atoms with van der Waals surface area (Å²) in [7, 11) is -10.1. The Hall–Kier alpha value is -3.49. The lowest BCUT2D eigenvalue weighted by molar-refractivity contribution is -0.384. The summed E-state index contributed by atoms with van der Waals surface area (Å²) in [5, 5.41) is 37.0. The van der Waals surface area contributed by atoms with Crippen molar-refractivity contribution >= 4 is 38.2 Å². The van der Waals surface area contributed by atoms with E-state index in [-0.39, 0.29) is 28.4 Å². The number of nitrogens with one attached hydrogen (secondary N) is 1. The summed E-state index contributed by atoms with van der Waals surface area (Å²) in [5.74, 6) is -1.50. The summed E-state index contributed by atoms with van der Waals surface area (Å²) in [6.45, 7) is 1.15. The summed E-state index contributed by atoms with van der Waals surface area (Å²) in [5.41, 5.74) is -0.794. The Morgan fingerprint density at radius 1 is 1.11 bits per heavy atom. The van der Waals surface area contributed by atoms with E-state index in [4.69, 9.17) is 4.74 Å². The minimum atomic E-state index is -5.66. The van der Waals surface area contributed by atoms with Gasteiger partial charge in [-0.1, -0.05) is 12.1 Å². The molecule has 0 saturated heterocycles. The molecule has 0 aliphatic carbocycles. The molecule has 0 bridgehead atoms. The smallest absolute Gasteiger partial charge is 0.369 e. The van der Waals surface area contributed by atoms with Crippen molar-refractivity contribution in [1.29, 1.82) is 0 Å². The third kappa shape index (κ3) is 7.05. The molecule has 2 rings (SSSR count). The van der Waals surface area contributed by atoms with Crippen LogP contribution in [0.3, 0.4) is 0 Å². The van der Waals surface area contributed by atoms with Crippen LogP contribution < -0.4 is 10.1 Å². The zero-order valence-electron chi connectivity index (χ0n) is 19.1. The van der Waals surface area contributed by atoms with Crippen molar-refractivity contribution in [3.05, 3.63) is 69.6 Å². The summed E-state index contributed by atoms with van der Waals surface area (Å²) in [4.78, 5) is 59.8. The van der Waals surface area contributed by atoms with Gasteiger partial charge >= 0.3 is 15.2 Å². The highest BCUT2D eigenvalue weighted by atomic mass is 31.2. The number of carbonyl (C=O) groups excluding carboxylic acids is 1. The Labute approximate surface area is 208 Å². The Kier molecular flexibility index (Phi) is 9.06. The van der Waals surface area contributed by atoms with Gasteiger partial charge in [0.15, 0.2) is 11.4 Å². The van der Waals surface area contributed by atoms with Crippen LogP contribution in [-0.4, -0.2) is 52.8 Å². The van der Waals surface area contributed by atoms with Crippen molar-refractivity contribution in [3.63, 3.8) is 0 Å². The number of nitro benzene ring substituents is 1. The minimum absolute atomic E-state index is 0.0190. The number of aliphatic hydroxyl groups is 2. The van der Waals surface area contributed by atoms with E-state index >= 15 is 0 Å². The second-order valence-electron chi connectivity index (χ2n) is 7.44. The van der Waals surface area contributed by atoms with Gasteiger partial charge in [-0.15, -0.1) is 10.2 Å². The van der Waals surface area contributed by atoms with E-state index in [0.29, 0.717) is 0 Å². The lowest BCUT2D eigenvalue weighted by Crippen LogP contribution is -2.31. The summed E-state index contributed by atoms with van der Waals surface area (Å²) >= 11 is 0. The fraction of sp³-hybridized carbons (Fsp3) is 0.211. The number of allylic oxidation sites excluding steroid dienone is 1. The number of non-ortho nitro benzene ring substituents is 1. The van der Waals surface area contributed by atoms with Crippen LogP contribution in [0, 0.1) is 10.1 Å². The molecule has 0 spiro atoms. The van der Waals surface area contributed by atoms with E-state index in [0.717, 1.165) is 31.2 Å². The van der Waals surface area contributed by atoms with Gasteiger partial charge in [0.25, 0.3) is 16.7 Å². The number of aliphatic hydroxyl groups excluding tert-OH is 1. The summed E-state index contributed by atoms with van der Waals surface area (Å²) in [6.07, 6.45) is -1.10. The number of rotatable bonds is 10. The normalized spacial score (nSPS) is 13.3. The van der Waals surface area contributed by atoms with Crippen molar-refractivity contribution in [2.45, 2.75) is 18.4 Å². The van der Waals surface area contributed by atoms with Crippen LogP contribution in [0.5, 0.6) is 5.75 Å². The van der Waals surface area contributed by atoms with Crippen LogP contribution in [0.2, 0.25) is 0 Å². The highest BCUT2D eigenvalue weighted by molar-refractivity contribution is 7.72. The second-order valence-corrected chi connectivity index (χ2v) is 11.4. The van der Waals surface area contributed by atoms with E-state index in [1.807, 2.05) is 0 Å². The molecule has 0 aromatic heterocycles. The van der Waals surface area contributed by atoms with Crippen molar-refractivity contribution in [2.24, 2.45) is 10.2 Å². The van der Waals surface area contributed by atoms with Gasteiger partial charge in [-0.2, -0.15) is 0 Å². The molecule has 0 unspecified atom stereocenters. The molecule has 0 fully saturated rings. The number of carbonyl (C=O) groups is 1. The first kappa shape index (κ1) is 29.7. The van der Waals surface area contributed by atoms with E-state index < -0.39 is 49.0 Å². The number of nitro groups is 1. The highest BCUT2D eigenvalue weighted by Gasteiger charge is 2.59. The third-order valence-corrected chi connectivity index (χ3v) is 8.52. The molecule has 0 aliphatic rings. The number of nitrogens with zero attached hydrogens (tertiary/aromatic N) is 3. The van der Waals surface area contributed by atoms with Gasteiger partial charge in [0.05, 0.1) is 18.1 Å². The van der Waals surface area contributed by atoms with Crippen LogP contribution in [0.1, 0.15) is 12.5 Å². The second kappa shape index (κ2) is 11.3. The van der Waals surface area contributed by atoms with Crippen molar-refractivity contribution in [3.8, 4) is 5.75 Å². The van der Waals surface area contributed by atoms with Crippen molar-refractivity contribution < 1.29 is 53.4 Å². The SMILES string of the molecule is COc1cc([N+](=O)[O-])ccc1N=N/C(C(=O)Nc1ccc(CC(O)(P(=O)(O)O)P(=O)(O)O)cc1)=C(/C)O. The molecule has 2 aromatic rings. The zero-order valence-corrected chi connectivity index (χ0v) is 20.9. The van der Waals surface area contributed by atoms with Crippen molar-refractivity contribution in [2.75, 3.05) is 12.4 Å². The number of methoxy groups -OCH3 is 1. The predicted molar refractivity (Wildman–Crippen MR) is 127 cm³/mol. The number of hydrogen-bond donors (Lipinski definition) is 7. The number of benzene rings is 2. The zero-order chi connectivity index (χ0) is 28.2. The minimum Gasteiger partial charge on any atom is -0.510 e. The molecule has 1 amide bonds. The molecule has 37 heavy (non-hydrogen) atoms. The van der Waals surface area contributed by atoms with E-state index in [1.165, 1.54) is 25.3 Å². The summed E-state index contributed by atoms with van der Waals surface area (Å²) < 4.78 is 28.1. The number of ether oxygens (including phenoxy) is 1. The molecule has 16 nitrogen and oxygen atoms in total. The lowest BCUT2D eigenvalue weighted by atomic mass is 10.1. The fourth-order valence-corrected chi connectivity index (χ4v) is 4.93. The topological polar surface area (TPSA) is 262 Å². The molecule has 0 atom stereocenters. The molecule has 7 N–H and O–H groups in total. The van der Waals surface area contributed by atoms with Gasteiger partial charge in [0.1, 0.15) is 11.4 Å². The van der Waals surface area contributed by atoms with Crippen LogP contribution in [0.25, 0.3) is 0 Å². The van der Waals surface area contributed by atoms with Gasteiger partial charge in [0, 0.05) is 18.2 Å². The maximum atomic E-state index is 12.6. The number of hydrogen-bond acceptors (Lipinski definition) is 10. The molecule has 2 aromatic carbocycles. The van der Waals surface area contributed by atoms with Gasteiger partial charge in [-0.3, -0.25) is 24.0 Å². The molecule has 0 saturated carbocycles. The Balaban J connectivity index is 2.24. The van der Waals surface area contributed by atoms with Crippen LogP contribution in [0.4, 0.5) is 17.1 Å². The van der Waals surface area contributed by atoms with Crippen LogP contribution in [-0.2, 0) is 20.3 Å². The first-order valence-corrected chi connectivity index (χ1v) is 13.1. The Bertz CT molecular complexity index is 1320. The van der Waals surface area contributed by atoms with E-state index in [9.17, 15) is 53.8 Å². The fourth-order valence-electron chi connectivity index (χ4n) is 2.79. The molecule has 0 radical (unpaired) electrons. The van der Waals surface area contributed by atoms with Crippen molar-refractivity contribution in [1.82, 2.24) is 0 Å². The van der Waals surface area contributed by atoms with Gasteiger partial charge < -0.3 is 39.8 Å². The molecule has 200 valence electrons. The maximum absolute atomic E-state index is 12.6. The number of amides is 1. The largest absolute Gasteiger partial charge is 0.510 e. The van der Waals surface area contributed by atoms with Gasteiger partial charge in [-0.25, -0.2) is 0 Å². The van der Waals surface area contributed by atoms with Crippen LogP contribution >= 0.6 is 15.2 Å². The first-order valence-electron chi connectivity index (χ1n) is 9.88. The predicted octanol–water partition coefficient (Wildman–Crippen LogP) is 2.66. The Morgan fingerprint density at radius 2 is 1.68 bits per heavy atom. The number of anilines is 1. The monoisotopic (exact) mass is 560 g/mol. The standard InChI is InChI=1S/C19H22N4O12P2/c1-11(24)17(22-21-15-8-7-14(23(27)28)9-16(15)35-2)18(25)20-13-5-3-12(4-6-13)10-19(26,36(29,30)31)37(32,33)34/h3-9,24,26H,10H2,1-2H3,(H,20,25)(H2,29,30,31)(H2,32,33,34)/b17-11-,22-21?. The highest BCUT2D eigenvalue weighted by Crippen LogP contribution is 2.68. The van der Waals surface area contributed by atoms with Gasteiger partial charge in [-0.05, 0) is 30.7 Å². The maximum Gasteiger partial charge on any atom is 0.369 e. The quantitative estimate of drug-likeness (QED) is 0.0552. The third-order valence-electron chi connectivity index (χ3n) is 4.78. The number of azo groups is 1. The Morgan fingerprint density at radius 3 is 2.14 bits per heavy atom. The first-order chi connectivity index (χ1) is 17.0. The van der Waals surface area contributed by atoms with Crippen LogP contribution in [0.15, 0.2) is 64.1 Å². The molecular formula is C19H22N4O12P2. The average molecular weight is 560 g/mol. The molecule has 0 heterocycles. The average Bonchev–Trinajstić information content (AvgIpc) is 2.78. The summed E-state index contributed by atoms with van der Waals surface area (Å²) in [6, 6.07) is 8.13. The van der Waals surface area contributed by atoms with Gasteiger partial charge in [0.2, 0.25) is 0 Å². The molecule has 0 aliphatic heterocycles.